The van der Waals surface area contributed by atoms with Gasteiger partial charge in [-0.2, -0.15) is 11.8 Å². The average Bonchev–Trinajstić information content (AvgIpc) is 2.46. The molecule has 2 aliphatic heterocycles. The summed E-state index contributed by atoms with van der Waals surface area (Å²) < 4.78 is 5.69. The van der Waals surface area contributed by atoms with E-state index in [-0.39, 0.29) is 17.9 Å². The van der Waals surface area contributed by atoms with E-state index in [1.54, 1.807) is 11.8 Å². The Morgan fingerprint density at radius 2 is 2.39 bits per heavy atom. The zero-order valence-corrected chi connectivity index (χ0v) is 14.8. The van der Waals surface area contributed by atoms with Crippen LogP contribution in [-0.4, -0.2) is 40.5 Å². The van der Waals surface area contributed by atoms with Crippen LogP contribution in [-0.2, 0) is 14.4 Å². The monoisotopic (exact) mass is 359 g/mol. The Morgan fingerprint density at radius 1 is 1.61 bits per heavy atom. The number of nitrogens with zero attached hydrogens (tertiary/aromatic N) is 1. The first-order chi connectivity index (χ1) is 11.0. The molecule has 1 saturated heterocycles. The maximum Gasteiger partial charge on any atom is 0.344 e. The van der Waals surface area contributed by atoms with Crippen molar-refractivity contribution in [3.8, 4) is 0 Å². The van der Waals surface area contributed by atoms with Gasteiger partial charge in [0.1, 0.15) is 16.9 Å². The van der Waals surface area contributed by atoms with Gasteiger partial charge in [-0.1, -0.05) is 36.7 Å². The van der Waals surface area contributed by atoms with Crippen molar-refractivity contribution in [3.05, 3.63) is 22.9 Å². The Labute approximate surface area is 145 Å². The van der Waals surface area contributed by atoms with Crippen LogP contribution in [0.4, 0.5) is 0 Å². The van der Waals surface area contributed by atoms with Crippen LogP contribution >= 0.6 is 23.4 Å². The summed E-state index contributed by atoms with van der Waals surface area (Å²) >= 11 is 7.39. The van der Waals surface area contributed by atoms with Crippen LogP contribution in [0.1, 0.15) is 39.0 Å². The van der Waals surface area contributed by atoms with E-state index in [0.717, 1.165) is 30.8 Å². The van der Waals surface area contributed by atoms with E-state index in [4.69, 9.17) is 21.2 Å². The number of halogens is 1. The highest BCUT2D eigenvalue weighted by molar-refractivity contribution is 7.99. The lowest BCUT2D eigenvalue weighted by Gasteiger charge is -2.39. The van der Waals surface area contributed by atoms with E-state index in [1.165, 1.54) is 0 Å². The first-order valence-corrected chi connectivity index (χ1v) is 9.26. The SMILES string of the molecule is C=C(Cl)CO/N=C(/CCC)C1=C(O)CC2(CCCSC2)OC1=O. The smallest absolute Gasteiger partial charge is 0.344 e. The second kappa shape index (κ2) is 8.11. The molecule has 0 aromatic rings. The minimum Gasteiger partial charge on any atom is -0.511 e. The molecule has 5 nitrogen and oxygen atoms in total. The molecule has 0 aliphatic carbocycles. The molecule has 2 rings (SSSR count). The molecule has 7 heteroatoms. The molecule has 0 radical (unpaired) electrons. The lowest BCUT2D eigenvalue weighted by atomic mass is 9.88. The molecule has 2 heterocycles. The fourth-order valence-electron chi connectivity index (χ4n) is 2.76. The molecule has 1 fully saturated rings. The largest absolute Gasteiger partial charge is 0.511 e. The number of thioether (sulfide) groups is 1. The summed E-state index contributed by atoms with van der Waals surface area (Å²) in [6, 6.07) is 0. The van der Waals surface area contributed by atoms with Crippen molar-refractivity contribution in [2.75, 3.05) is 18.1 Å². The quantitative estimate of drug-likeness (QED) is 0.442. The third-order valence-electron chi connectivity index (χ3n) is 3.75. The average molecular weight is 360 g/mol. The molecular formula is C16H22ClNO4S. The van der Waals surface area contributed by atoms with Crippen LogP contribution in [0.25, 0.3) is 0 Å². The van der Waals surface area contributed by atoms with E-state index in [2.05, 4.69) is 11.7 Å². The molecule has 1 N–H and O–H groups in total. The number of aliphatic hydroxyl groups is 1. The fraction of sp³-hybridized carbons (Fsp3) is 0.625. The first kappa shape index (κ1) is 18.2. The molecule has 0 amide bonds. The maximum absolute atomic E-state index is 12.5. The van der Waals surface area contributed by atoms with Gasteiger partial charge >= 0.3 is 5.97 Å². The van der Waals surface area contributed by atoms with E-state index in [0.29, 0.717) is 23.6 Å². The number of hydrogen-bond donors (Lipinski definition) is 1. The van der Waals surface area contributed by atoms with Gasteiger partial charge in [-0.3, -0.25) is 0 Å². The summed E-state index contributed by atoms with van der Waals surface area (Å²) in [4.78, 5) is 17.6. The second-order valence-corrected chi connectivity index (χ2v) is 7.45. The highest BCUT2D eigenvalue weighted by Gasteiger charge is 2.44. The van der Waals surface area contributed by atoms with E-state index in [1.807, 2.05) is 6.92 Å². The van der Waals surface area contributed by atoms with Crippen LogP contribution in [0.5, 0.6) is 0 Å². The van der Waals surface area contributed by atoms with Crippen molar-refractivity contribution >= 4 is 35.0 Å². The lowest BCUT2D eigenvalue weighted by molar-refractivity contribution is -0.156. The minimum absolute atomic E-state index is 0.0456. The Kier molecular flexibility index (Phi) is 6.41. The van der Waals surface area contributed by atoms with Gasteiger partial charge in [0, 0.05) is 12.2 Å². The van der Waals surface area contributed by atoms with Gasteiger partial charge in [-0.05, 0) is 25.0 Å². The summed E-state index contributed by atoms with van der Waals surface area (Å²) in [6.07, 6.45) is 3.37. The van der Waals surface area contributed by atoms with Gasteiger partial charge in [-0.25, -0.2) is 4.79 Å². The molecule has 0 aromatic heterocycles. The van der Waals surface area contributed by atoms with E-state index >= 15 is 0 Å². The predicted octanol–water partition coefficient (Wildman–Crippen LogP) is 3.94. The summed E-state index contributed by atoms with van der Waals surface area (Å²) in [6.45, 7) is 5.53. The number of carbonyl (C=O) groups excluding carboxylic acids is 1. The van der Waals surface area contributed by atoms with Crippen molar-refractivity contribution in [2.45, 2.75) is 44.6 Å². The van der Waals surface area contributed by atoms with Gasteiger partial charge in [0.2, 0.25) is 0 Å². The number of rotatable bonds is 6. The lowest BCUT2D eigenvalue weighted by Crippen LogP contribution is -2.45. The van der Waals surface area contributed by atoms with E-state index in [9.17, 15) is 9.90 Å². The number of hydrogen-bond acceptors (Lipinski definition) is 6. The molecule has 0 saturated carbocycles. The van der Waals surface area contributed by atoms with Gasteiger partial charge in [0.05, 0.1) is 10.7 Å². The van der Waals surface area contributed by atoms with Crippen molar-refractivity contribution in [1.29, 1.82) is 0 Å². The first-order valence-electron chi connectivity index (χ1n) is 7.73. The highest BCUT2D eigenvalue weighted by Crippen LogP contribution is 2.39. The topological polar surface area (TPSA) is 68.1 Å². The molecule has 1 unspecified atom stereocenters. The number of oxime groups is 1. The minimum atomic E-state index is -0.573. The van der Waals surface area contributed by atoms with Crippen molar-refractivity contribution < 1.29 is 19.5 Å². The summed E-state index contributed by atoms with van der Waals surface area (Å²) in [5.41, 5.74) is -0.0459. The molecule has 23 heavy (non-hydrogen) atoms. The van der Waals surface area contributed by atoms with E-state index < -0.39 is 11.6 Å². The van der Waals surface area contributed by atoms with Crippen molar-refractivity contribution in [1.82, 2.24) is 0 Å². The zero-order valence-electron chi connectivity index (χ0n) is 13.3. The Morgan fingerprint density at radius 3 is 2.96 bits per heavy atom. The van der Waals surface area contributed by atoms with Crippen LogP contribution in [0.3, 0.4) is 0 Å². The summed E-state index contributed by atoms with van der Waals surface area (Å²) in [5, 5.41) is 14.7. The Balaban J connectivity index is 2.21. The Hall–Kier alpha value is -1.14. The normalized spacial score (nSPS) is 25.5. The third kappa shape index (κ3) is 4.67. The third-order valence-corrected chi connectivity index (χ3v) is 5.17. The maximum atomic E-state index is 12.5. The van der Waals surface area contributed by atoms with Crippen LogP contribution in [0, 0.1) is 0 Å². The number of aliphatic hydroxyl groups excluding tert-OH is 1. The molecule has 0 bridgehead atoms. The second-order valence-electron chi connectivity index (χ2n) is 5.81. The summed E-state index contributed by atoms with van der Waals surface area (Å²) in [5.74, 6) is 1.31. The number of ether oxygens (including phenoxy) is 1. The standard InChI is InChI=1S/C16H22ClNO4S/c1-3-5-12(18-21-9-11(2)17)14-13(19)8-16(22-15(14)20)6-4-7-23-10-16/h19H,2-10H2,1H3/b18-12-. The molecular weight excluding hydrogens is 338 g/mol. The van der Waals surface area contributed by atoms with Gasteiger partial charge in [-0.15, -0.1) is 0 Å². The van der Waals surface area contributed by atoms with Crippen LogP contribution < -0.4 is 0 Å². The van der Waals surface area contributed by atoms with Crippen molar-refractivity contribution in [3.63, 3.8) is 0 Å². The molecule has 2 aliphatic rings. The van der Waals surface area contributed by atoms with Gasteiger partial charge in [0.25, 0.3) is 0 Å². The van der Waals surface area contributed by atoms with Crippen LogP contribution in [0.2, 0.25) is 0 Å². The predicted molar refractivity (Wildman–Crippen MR) is 92.9 cm³/mol. The van der Waals surface area contributed by atoms with Gasteiger partial charge in [0.15, 0.2) is 6.61 Å². The fourth-order valence-corrected chi connectivity index (χ4v) is 3.98. The van der Waals surface area contributed by atoms with Crippen molar-refractivity contribution in [2.24, 2.45) is 5.16 Å². The zero-order chi connectivity index (χ0) is 16.9. The van der Waals surface area contributed by atoms with Gasteiger partial charge < -0.3 is 14.7 Å². The van der Waals surface area contributed by atoms with Crippen LogP contribution in [0.15, 0.2) is 28.1 Å². The summed E-state index contributed by atoms with van der Waals surface area (Å²) in [7, 11) is 0. The highest BCUT2D eigenvalue weighted by atomic mass is 35.5. The molecule has 0 aromatic carbocycles. The number of esters is 1. The Bertz CT molecular complexity index is 538. The molecule has 1 atom stereocenters. The number of carbonyl (C=O) groups is 1. The molecule has 1 spiro atoms. The molecule has 128 valence electrons.